The minimum absolute atomic E-state index is 0.139. The Bertz CT molecular complexity index is 1580. The van der Waals surface area contributed by atoms with E-state index in [1.54, 1.807) is 29.2 Å². The molecule has 1 saturated heterocycles. The molecule has 6 nitrogen and oxygen atoms in total. The normalized spacial score (nSPS) is 17.0. The van der Waals surface area contributed by atoms with Gasteiger partial charge >= 0.3 is 12.1 Å². The summed E-state index contributed by atoms with van der Waals surface area (Å²) in [6, 6.07) is 30.2. The minimum atomic E-state index is -0.557. The largest absolute Gasteiger partial charge is 0.462 e. The van der Waals surface area contributed by atoms with Crippen LogP contribution in [-0.4, -0.2) is 48.4 Å². The summed E-state index contributed by atoms with van der Waals surface area (Å²) in [5.74, 6) is -0.266. The van der Waals surface area contributed by atoms with Crippen LogP contribution < -0.4 is 0 Å². The molecule has 230 valence electrons. The van der Waals surface area contributed by atoms with Crippen LogP contribution in [0.2, 0.25) is 5.02 Å². The monoisotopic (exact) mass is 613 g/mol. The average molecular weight is 614 g/mol. The Morgan fingerprint density at radius 1 is 0.886 bits per heavy atom. The van der Waals surface area contributed by atoms with Gasteiger partial charge in [0.1, 0.15) is 5.60 Å². The van der Waals surface area contributed by atoms with Gasteiger partial charge in [0.25, 0.3) is 0 Å². The van der Waals surface area contributed by atoms with Crippen LogP contribution in [0.3, 0.4) is 0 Å². The molecular weight excluding hydrogens is 574 g/mol. The zero-order chi connectivity index (χ0) is 31.1. The molecule has 0 radical (unpaired) electrons. The van der Waals surface area contributed by atoms with Gasteiger partial charge in [0.2, 0.25) is 0 Å². The molecule has 4 aromatic rings. The number of rotatable bonds is 9. The fourth-order valence-electron chi connectivity index (χ4n) is 5.57. The number of ether oxygens (including phenoxy) is 3. The molecule has 2 unspecified atom stereocenters. The van der Waals surface area contributed by atoms with Crippen LogP contribution in [0.4, 0.5) is 4.79 Å². The van der Waals surface area contributed by atoms with Crippen molar-refractivity contribution in [3.05, 3.63) is 118 Å². The molecule has 4 aromatic carbocycles. The molecule has 0 saturated carbocycles. The first-order valence-corrected chi connectivity index (χ1v) is 15.6. The van der Waals surface area contributed by atoms with Crippen molar-refractivity contribution in [2.75, 3.05) is 19.7 Å². The zero-order valence-corrected chi connectivity index (χ0v) is 26.4. The summed E-state index contributed by atoms with van der Waals surface area (Å²) in [6.45, 7) is 7.50. The van der Waals surface area contributed by atoms with Crippen molar-refractivity contribution in [2.24, 2.45) is 0 Å². The number of amides is 1. The molecule has 2 atom stereocenters. The van der Waals surface area contributed by atoms with E-state index in [0.29, 0.717) is 43.3 Å². The number of hydrogen-bond donors (Lipinski definition) is 0. The summed E-state index contributed by atoms with van der Waals surface area (Å²) in [6.07, 6.45) is 1.79. The molecule has 7 heteroatoms. The fraction of sp³-hybridized carbons (Fsp3) is 0.351. The maximum atomic E-state index is 12.9. The third kappa shape index (κ3) is 8.40. The van der Waals surface area contributed by atoms with Gasteiger partial charge in [0.05, 0.1) is 36.4 Å². The van der Waals surface area contributed by atoms with Gasteiger partial charge in [-0.3, -0.25) is 0 Å². The van der Waals surface area contributed by atoms with E-state index in [1.165, 1.54) is 21.9 Å². The van der Waals surface area contributed by atoms with Gasteiger partial charge < -0.3 is 19.1 Å². The lowest BCUT2D eigenvalue weighted by Crippen LogP contribution is -2.48. The predicted molar refractivity (Wildman–Crippen MR) is 174 cm³/mol. The van der Waals surface area contributed by atoms with E-state index in [9.17, 15) is 9.59 Å². The van der Waals surface area contributed by atoms with Crippen molar-refractivity contribution in [3.63, 3.8) is 0 Å². The summed E-state index contributed by atoms with van der Waals surface area (Å²) in [7, 11) is 0. The summed E-state index contributed by atoms with van der Waals surface area (Å²) in [5, 5.41) is 2.77. The molecule has 44 heavy (non-hydrogen) atoms. The third-order valence-corrected chi connectivity index (χ3v) is 8.16. The molecule has 1 fully saturated rings. The highest BCUT2D eigenvalue weighted by Crippen LogP contribution is 2.32. The van der Waals surface area contributed by atoms with Gasteiger partial charge in [0, 0.05) is 12.5 Å². The Labute approximate surface area is 264 Å². The van der Waals surface area contributed by atoms with E-state index in [2.05, 4.69) is 54.6 Å². The van der Waals surface area contributed by atoms with Gasteiger partial charge in [0.15, 0.2) is 0 Å². The predicted octanol–water partition coefficient (Wildman–Crippen LogP) is 8.59. The molecule has 0 aromatic heterocycles. The van der Waals surface area contributed by atoms with E-state index in [4.69, 9.17) is 25.8 Å². The van der Waals surface area contributed by atoms with Gasteiger partial charge in [-0.05, 0) is 85.7 Å². The van der Waals surface area contributed by atoms with Gasteiger partial charge in [-0.1, -0.05) is 84.4 Å². The van der Waals surface area contributed by atoms with Crippen molar-refractivity contribution in [3.8, 4) is 0 Å². The lowest BCUT2D eigenvalue weighted by Gasteiger charge is -2.39. The molecule has 1 amide bonds. The molecule has 0 bridgehead atoms. The first-order chi connectivity index (χ1) is 21.2. The summed E-state index contributed by atoms with van der Waals surface area (Å²) >= 11 is 6.10. The summed E-state index contributed by atoms with van der Waals surface area (Å²) < 4.78 is 17.7. The van der Waals surface area contributed by atoms with Crippen molar-refractivity contribution in [2.45, 2.75) is 64.3 Å². The Kier molecular flexibility index (Phi) is 10.2. The number of aryl methyl sites for hydroxylation is 1. The molecule has 1 aliphatic heterocycles. The standard InChI is InChI=1S/C37H40ClNO5/c1-37(2,3)44-36(41)39-21-20-31(34(24-39)43-25-27-16-17-28-10-4-5-11-30(28)23-27)29-18-14-26(15-19-29)9-8-22-42-35(40)32-12-6-7-13-33(32)38/h4-7,10-19,23,31,34H,8-9,20-22,24-25H2,1-3H3. The number of likely N-dealkylation sites (tertiary alicyclic amines) is 1. The number of hydrogen-bond acceptors (Lipinski definition) is 5. The SMILES string of the molecule is CC(C)(C)OC(=O)N1CCC(c2ccc(CCCOC(=O)c3ccccc3Cl)cc2)C(OCc2ccc3ccccc3c2)C1. The molecule has 0 aliphatic carbocycles. The second-order valence-electron chi connectivity index (χ2n) is 12.3. The lowest BCUT2D eigenvalue weighted by atomic mass is 9.86. The van der Waals surface area contributed by atoms with E-state index in [1.807, 2.05) is 32.9 Å². The van der Waals surface area contributed by atoms with E-state index < -0.39 is 11.6 Å². The highest BCUT2D eigenvalue weighted by molar-refractivity contribution is 6.33. The van der Waals surface area contributed by atoms with Crippen LogP contribution in [0, 0.1) is 0 Å². The van der Waals surface area contributed by atoms with Crippen LogP contribution in [0.25, 0.3) is 10.8 Å². The minimum Gasteiger partial charge on any atom is -0.462 e. The highest BCUT2D eigenvalue weighted by atomic mass is 35.5. The molecule has 1 heterocycles. The smallest absolute Gasteiger partial charge is 0.410 e. The molecule has 1 aliphatic rings. The third-order valence-electron chi connectivity index (χ3n) is 7.83. The van der Waals surface area contributed by atoms with Crippen molar-refractivity contribution in [1.29, 1.82) is 0 Å². The van der Waals surface area contributed by atoms with Gasteiger partial charge in [-0.2, -0.15) is 0 Å². The van der Waals surface area contributed by atoms with E-state index >= 15 is 0 Å². The number of halogens is 1. The molecule has 0 spiro atoms. The van der Waals surface area contributed by atoms with Crippen molar-refractivity contribution < 1.29 is 23.8 Å². The number of fused-ring (bicyclic) bond motifs is 1. The van der Waals surface area contributed by atoms with Crippen molar-refractivity contribution >= 4 is 34.4 Å². The number of benzene rings is 4. The lowest BCUT2D eigenvalue weighted by molar-refractivity contribution is -0.0359. The van der Waals surface area contributed by atoms with Gasteiger partial charge in [-0.25, -0.2) is 9.59 Å². The maximum absolute atomic E-state index is 12.9. The van der Waals surface area contributed by atoms with E-state index in [-0.39, 0.29) is 18.1 Å². The highest BCUT2D eigenvalue weighted by Gasteiger charge is 2.35. The van der Waals surface area contributed by atoms with Crippen LogP contribution in [-0.2, 0) is 27.2 Å². The van der Waals surface area contributed by atoms with E-state index in [0.717, 1.165) is 18.4 Å². The average Bonchev–Trinajstić information content (AvgIpc) is 3.01. The van der Waals surface area contributed by atoms with Crippen LogP contribution in [0.15, 0.2) is 91.0 Å². The number of nitrogens with zero attached hydrogens (tertiary/aromatic N) is 1. The Morgan fingerprint density at radius 3 is 2.34 bits per heavy atom. The zero-order valence-electron chi connectivity index (χ0n) is 25.6. The Hall–Kier alpha value is -3.87. The molecular formula is C37H40ClNO5. The van der Waals surface area contributed by atoms with Crippen LogP contribution in [0.5, 0.6) is 0 Å². The number of esters is 1. The first-order valence-electron chi connectivity index (χ1n) is 15.2. The first kappa shape index (κ1) is 31.6. The molecule has 0 N–H and O–H groups in total. The summed E-state index contributed by atoms with van der Waals surface area (Å²) in [5.41, 5.74) is 3.28. The fourth-order valence-corrected chi connectivity index (χ4v) is 5.78. The second-order valence-corrected chi connectivity index (χ2v) is 12.7. The Balaban J connectivity index is 1.21. The topological polar surface area (TPSA) is 65.1 Å². The number of carbonyl (C=O) groups is 2. The Morgan fingerprint density at radius 2 is 1.59 bits per heavy atom. The number of carbonyl (C=O) groups excluding carboxylic acids is 2. The van der Waals surface area contributed by atoms with Crippen LogP contribution in [0.1, 0.15) is 66.6 Å². The van der Waals surface area contributed by atoms with Crippen molar-refractivity contribution in [1.82, 2.24) is 4.90 Å². The quantitative estimate of drug-likeness (QED) is 0.140. The second kappa shape index (κ2) is 14.3. The van der Waals surface area contributed by atoms with Crippen LogP contribution >= 0.6 is 11.6 Å². The summed E-state index contributed by atoms with van der Waals surface area (Å²) in [4.78, 5) is 27.0. The maximum Gasteiger partial charge on any atom is 0.410 e. The molecule has 5 rings (SSSR count). The van der Waals surface area contributed by atoms with Gasteiger partial charge in [-0.15, -0.1) is 0 Å². The number of piperidine rings is 1.